The number of amides is 1. The van der Waals surface area contributed by atoms with E-state index in [9.17, 15) is 4.79 Å². The first-order valence-corrected chi connectivity index (χ1v) is 8.97. The lowest BCUT2D eigenvalue weighted by Crippen LogP contribution is -2.36. The third kappa shape index (κ3) is 3.44. The Kier molecular flexibility index (Phi) is 4.52. The normalized spacial score (nSPS) is 14.7. The summed E-state index contributed by atoms with van der Waals surface area (Å²) in [5, 5.41) is 3.48. The van der Waals surface area contributed by atoms with Gasteiger partial charge in [0, 0.05) is 24.3 Å². The van der Waals surface area contributed by atoms with Gasteiger partial charge in [0.1, 0.15) is 11.0 Å². The van der Waals surface area contributed by atoms with Gasteiger partial charge in [0.15, 0.2) is 0 Å². The molecule has 2 heterocycles. The maximum Gasteiger partial charge on any atom is 0.255 e. The topological polar surface area (TPSA) is 67.4 Å². The molecule has 0 radical (unpaired) electrons. The second kappa shape index (κ2) is 6.95. The molecule has 1 aliphatic rings. The van der Waals surface area contributed by atoms with Gasteiger partial charge in [0.25, 0.3) is 5.91 Å². The van der Waals surface area contributed by atoms with E-state index in [0.29, 0.717) is 29.5 Å². The van der Waals surface area contributed by atoms with Crippen molar-refractivity contribution in [1.82, 2.24) is 8.75 Å². The summed E-state index contributed by atoms with van der Waals surface area (Å²) < 4.78 is 13.7. The second-order valence-corrected chi connectivity index (χ2v) is 6.62. The fourth-order valence-corrected chi connectivity index (χ4v) is 3.59. The van der Waals surface area contributed by atoms with Crippen molar-refractivity contribution in [2.45, 2.75) is 0 Å². The van der Waals surface area contributed by atoms with Gasteiger partial charge in [-0.1, -0.05) is 11.6 Å². The Hall–Kier alpha value is -2.22. The van der Waals surface area contributed by atoms with Crippen molar-refractivity contribution < 1.29 is 9.53 Å². The molecular weight excluding hydrogens is 360 g/mol. The number of carbonyl (C=O) groups excluding carboxylic acids is 1. The van der Waals surface area contributed by atoms with Gasteiger partial charge in [0.2, 0.25) is 0 Å². The van der Waals surface area contributed by atoms with Crippen LogP contribution in [-0.4, -0.2) is 41.0 Å². The van der Waals surface area contributed by atoms with E-state index >= 15 is 0 Å². The van der Waals surface area contributed by atoms with Crippen molar-refractivity contribution in [3.05, 3.63) is 47.0 Å². The molecule has 25 heavy (non-hydrogen) atoms. The van der Waals surface area contributed by atoms with E-state index in [0.717, 1.165) is 41.5 Å². The number of hydrogen-bond acceptors (Lipinski definition) is 6. The monoisotopic (exact) mass is 374 g/mol. The minimum absolute atomic E-state index is 0.204. The number of hydrogen-bond donors (Lipinski definition) is 1. The van der Waals surface area contributed by atoms with Gasteiger partial charge in [-0.2, -0.15) is 8.75 Å². The van der Waals surface area contributed by atoms with Gasteiger partial charge in [-0.05, 0) is 36.4 Å². The zero-order valence-corrected chi connectivity index (χ0v) is 14.8. The Bertz CT molecular complexity index is 924. The third-order valence-electron chi connectivity index (χ3n) is 4.07. The first-order chi connectivity index (χ1) is 12.2. The van der Waals surface area contributed by atoms with Gasteiger partial charge in [-0.3, -0.25) is 4.79 Å². The summed E-state index contributed by atoms with van der Waals surface area (Å²) in [6.07, 6.45) is 0. The average molecular weight is 375 g/mol. The molecule has 1 aliphatic heterocycles. The Morgan fingerprint density at radius 1 is 1.12 bits per heavy atom. The zero-order valence-electron chi connectivity index (χ0n) is 13.2. The molecule has 1 N–H and O–H groups in total. The molecule has 6 nitrogen and oxygen atoms in total. The lowest BCUT2D eigenvalue weighted by Gasteiger charge is -2.29. The third-order valence-corrected chi connectivity index (χ3v) is 4.93. The molecule has 0 aliphatic carbocycles. The first-order valence-electron chi connectivity index (χ1n) is 7.86. The lowest BCUT2D eigenvalue weighted by atomic mass is 10.1. The van der Waals surface area contributed by atoms with Crippen LogP contribution in [0.25, 0.3) is 11.0 Å². The molecule has 1 fully saturated rings. The molecule has 0 spiro atoms. The van der Waals surface area contributed by atoms with Gasteiger partial charge in [-0.15, -0.1) is 0 Å². The summed E-state index contributed by atoms with van der Waals surface area (Å²) in [6.45, 7) is 3.02. The van der Waals surface area contributed by atoms with Gasteiger partial charge in [0.05, 0.1) is 35.7 Å². The summed E-state index contributed by atoms with van der Waals surface area (Å²) >= 11 is 7.54. The Labute approximate surface area is 153 Å². The van der Waals surface area contributed by atoms with Gasteiger partial charge in [-0.25, -0.2) is 0 Å². The number of morpholine rings is 1. The predicted octanol–water partition coefficient (Wildman–Crippen LogP) is 3.43. The maximum atomic E-state index is 12.5. The van der Waals surface area contributed by atoms with Crippen LogP contribution in [0.4, 0.5) is 11.4 Å². The van der Waals surface area contributed by atoms with E-state index < -0.39 is 0 Å². The van der Waals surface area contributed by atoms with Gasteiger partial charge < -0.3 is 15.0 Å². The van der Waals surface area contributed by atoms with Crippen LogP contribution in [0.15, 0.2) is 36.4 Å². The van der Waals surface area contributed by atoms with E-state index in [1.54, 1.807) is 24.3 Å². The molecule has 0 saturated carbocycles. The summed E-state index contributed by atoms with van der Waals surface area (Å²) in [6, 6.07) is 10.8. The largest absolute Gasteiger partial charge is 0.378 e. The Morgan fingerprint density at radius 3 is 2.72 bits per heavy atom. The molecular formula is C17H15ClN4O2S. The van der Waals surface area contributed by atoms with Crippen molar-refractivity contribution in [3.8, 4) is 0 Å². The number of halogens is 1. The van der Waals surface area contributed by atoms with Crippen molar-refractivity contribution in [3.63, 3.8) is 0 Å². The van der Waals surface area contributed by atoms with E-state index in [1.807, 2.05) is 12.1 Å². The number of nitrogens with one attached hydrogen (secondary N) is 1. The fraction of sp³-hybridized carbons (Fsp3) is 0.235. The van der Waals surface area contributed by atoms with Crippen LogP contribution >= 0.6 is 23.3 Å². The maximum absolute atomic E-state index is 12.5. The summed E-state index contributed by atoms with van der Waals surface area (Å²) in [5.74, 6) is -0.204. The van der Waals surface area contributed by atoms with E-state index in [2.05, 4.69) is 19.0 Å². The minimum atomic E-state index is -0.204. The molecule has 0 unspecified atom stereocenters. The molecule has 8 heteroatoms. The van der Waals surface area contributed by atoms with E-state index in [1.165, 1.54) is 0 Å². The molecule has 1 amide bonds. The van der Waals surface area contributed by atoms with Crippen molar-refractivity contribution >= 4 is 51.6 Å². The van der Waals surface area contributed by atoms with Crippen LogP contribution in [-0.2, 0) is 4.74 Å². The number of rotatable bonds is 3. The second-order valence-electron chi connectivity index (χ2n) is 5.69. The minimum Gasteiger partial charge on any atom is -0.378 e. The number of fused-ring (bicyclic) bond motifs is 1. The molecule has 1 saturated heterocycles. The Morgan fingerprint density at radius 2 is 1.92 bits per heavy atom. The van der Waals surface area contributed by atoms with Crippen LogP contribution in [0.2, 0.25) is 5.02 Å². The number of anilines is 2. The van der Waals surface area contributed by atoms with Crippen molar-refractivity contribution in [2.24, 2.45) is 0 Å². The van der Waals surface area contributed by atoms with Crippen LogP contribution in [0.1, 0.15) is 10.4 Å². The van der Waals surface area contributed by atoms with Crippen LogP contribution in [0, 0.1) is 0 Å². The number of benzene rings is 2. The van der Waals surface area contributed by atoms with Crippen LogP contribution < -0.4 is 10.2 Å². The summed E-state index contributed by atoms with van der Waals surface area (Å²) in [7, 11) is 0. The number of nitrogens with zero attached hydrogens (tertiary/aromatic N) is 3. The van der Waals surface area contributed by atoms with E-state index in [4.69, 9.17) is 16.3 Å². The summed E-state index contributed by atoms with van der Waals surface area (Å²) in [4.78, 5) is 14.6. The van der Waals surface area contributed by atoms with Crippen molar-refractivity contribution in [1.29, 1.82) is 0 Å². The molecule has 4 rings (SSSR count). The summed E-state index contributed by atoms with van der Waals surface area (Å²) in [5.41, 5.74) is 3.66. The fourth-order valence-electron chi connectivity index (χ4n) is 2.77. The highest BCUT2D eigenvalue weighted by Gasteiger charge is 2.15. The Balaban J connectivity index is 1.51. The molecule has 3 aromatic rings. The first kappa shape index (κ1) is 16.3. The number of ether oxygens (including phenoxy) is 1. The number of carbonyl (C=O) groups is 1. The lowest BCUT2D eigenvalue weighted by molar-refractivity contribution is 0.102. The quantitative estimate of drug-likeness (QED) is 0.760. The molecule has 128 valence electrons. The smallest absolute Gasteiger partial charge is 0.255 e. The van der Waals surface area contributed by atoms with Gasteiger partial charge >= 0.3 is 0 Å². The zero-order chi connectivity index (χ0) is 17.2. The van der Waals surface area contributed by atoms with E-state index in [-0.39, 0.29) is 5.91 Å². The molecule has 0 atom stereocenters. The van der Waals surface area contributed by atoms with Crippen molar-refractivity contribution in [2.75, 3.05) is 36.5 Å². The van der Waals surface area contributed by atoms with Crippen LogP contribution in [0.5, 0.6) is 0 Å². The standard InChI is InChI=1S/C17H15ClN4O2S/c18-13-10-12(2-4-16(13)22-5-7-24-8-6-22)19-17(23)11-1-3-14-15(9-11)21-25-20-14/h1-4,9-10H,5-8H2,(H,19,23). The molecule has 1 aromatic heterocycles. The highest BCUT2D eigenvalue weighted by molar-refractivity contribution is 7.00. The highest BCUT2D eigenvalue weighted by Crippen LogP contribution is 2.29. The SMILES string of the molecule is O=C(Nc1ccc(N2CCOCC2)c(Cl)c1)c1ccc2nsnc2c1. The molecule has 2 aromatic carbocycles. The average Bonchev–Trinajstić information content (AvgIpc) is 3.10. The number of aromatic nitrogens is 2. The highest BCUT2D eigenvalue weighted by atomic mass is 35.5. The molecule has 0 bridgehead atoms. The predicted molar refractivity (Wildman–Crippen MR) is 99.9 cm³/mol. The van der Waals surface area contributed by atoms with Crippen LogP contribution in [0.3, 0.4) is 0 Å².